The standard InChI is InChI=1S/C48H50F4N4O16/c1-65-41(57)13-25-21(9-29(49)45(61)69-5)33-18-38-27(15-43(59)67-3)23(11-31(51)47(63)71-7)35(55-38)20-40-28(16-44(60)68-4)24(12-32(52)48(64)72-8)36(56-40)19-39-26(14-42(58)66-2)22(10-30(50)46(62)70-6)34(54-39)17-37(25)53-33/h17-20,29-32,53-54H,9-16H2,1-8H3. The molecule has 0 spiro atoms. The van der Waals surface area contributed by atoms with Crippen LogP contribution in [0.25, 0.3) is 44.4 Å². The Balaban J connectivity index is 2.17. The fourth-order valence-corrected chi connectivity index (χ4v) is 8.06. The van der Waals surface area contributed by atoms with Crippen LogP contribution >= 0.6 is 0 Å². The number of aromatic nitrogens is 4. The molecule has 3 aromatic heterocycles. The van der Waals surface area contributed by atoms with Gasteiger partial charge < -0.3 is 47.9 Å². The van der Waals surface area contributed by atoms with E-state index in [1.54, 1.807) is 0 Å². The SMILES string of the molecule is COC(=O)CC1=C(CC(F)C(=O)OC)c2cc3nc(cc4[nH]c(cc5[nH]c(cc1n2)c(CC(F)C(=O)OC)c5CC(=O)OC)c(CC(F)C(=O)OC)c4CC(=O)OC)C(CC(F)C(=O)OC)=C3CC(=O)OC. The minimum atomic E-state index is -2.40. The third-order valence-corrected chi connectivity index (χ3v) is 11.7. The van der Waals surface area contributed by atoms with Crippen LogP contribution in [0.3, 0.4) is 0 Å². The predicted molar refractivity (Wildman–Crippen MR) is 244 cm³/mol. The average molecular weight is 1010 g/mol. The molecule has 0 aromatic carbocycles. The highest BCUT2D eigenvalue weighted by Gasteiger charge is 2.34. The maximum atomic E-state index is 15.9. The smallest absolute Gasteiger partial charge is 0.340 e. The zero-order valence-corrected chi connectivity index (χ0v) is 40.2. The molecular formula is C48H50F4N4O16. The molecule has 2 aliphatic rings. The normalized spacial score (nSPS) is 13.8. The maximum Gasteiger partial charge on any atom is 0.340 e. The summed E-state index contributed by atoms with van der Waals surface area (Å²) in [6.45, 7) is 0. The van der Waals surface area contributed by atoms with E-state index in [1.807, 2.05) is 0 Å². The molecule has 8 bridgehead atoms. The molecule has 5 heterocycles. The second-order valence-electron chi connectivity index (χ2n) is 15.9. The minimum absolute atomic E-state index is 0.0228. The molecule has 3 aromatic rings. The lowest BCUT2D eigenvalue weighted by atomic mass is 9.94. The summed E-state index contributed by atoms with van der Waals surface area (Å²) in [6, 6.07) is 5.04. The zero-order valence-electron chi connectivity index (χ0n) is 40.2. The van der Waals surface area contributed by atoms with Crippen LogP contribution in [0.5, 0.6) is 0 Å². The van der Waals surface area contributed by atoms with Gasteiger partial charge in [0.05, 0.1) is 105 Å². The van der Waals surface area contributed by atoms with Gasteiger partial charge in [0.1, 0.15) is 0 Å². The molecule has 24 heteroatoms. The van der Waals surface area contributed by atoms with Gasteiger partial charge in [0.25, 0.3) is 0 Å². The van der Waals surface area contributed by atoms with Gasteiger partial charge in [-0.3, -0.25) is 19.2 Å². The average Bonchev–Trinajstić information content (AvgIpc) is 4.06. The molecule has 4 atom stereocenters. The third-order valence-electron chi connectivity index (χ3n) is 11.7. The van der Waals surface area contributed by atoms with Gasteiger partial charge in [-0.25, -0.2) is 46.7 Å². The van der Waals surface area contributed by atoms with Crippen LogP contribution in [0.2, 0.25) is 0 Å². The monoisotopic (exact) mass is 1010 g/mol. The van der Waals surface area contributed by atoms with E-state index in [-0.39, 0.29) is 89.4 Å². The minimum Gasteiger partial charge on any atom is -0.469 e. The highest BCUT2D eigenvalue weighted by Crippen LogP contribution is 2.42. The maximum absolute atomic E-state index is 15.9. The van der Waals surface area contributed by atoms with Crippen molar-refractivity contribution in [2.24, 2.45) is 0 Å². The van der Waals surface area contributed by atoms with Gasteiger partial charge in [-0.15, -0.1) is 0 Å². The first kappa shape index (κ1) is 55.0. The second-order valence-corrected chi connectivity index (χ2v) is 15.9. The molecule has 4 unspecified atom stereocenters. The van der Waals surface area contributed by atoms with E-state index in [0.717, 1.165) is 56.9 Å². The summed E-state index contributed by atoms with van der Waals surface area (Å²) < 4.78 is 102. The summed E-state index contributed by atoms with van der Waals surface area (Å²) in [4.78, 5) is 119. The topological polar surface area (TPSA) is 268 Å². The summed E-state index contributed by atoms with van der Waals surface area (Å²) in [7, 11) is 8.02. The first-order valence-corrected chi connectivity index (χ1v) is 21.6. The Morgan fingerprint density at radius 1 is 0.375 bits per heavy atom. The number of nitrogens with one attached hydrogen (secondary N) is 2. The molecule has 0 fully saturated rings. The number of esters is 8. The van der Waals surface area contributed by atoms with Crippen LogP contribution in [0.1, 0.15) is 70.7 Å². The summed E-state index contributed by atoms with van der Waals surface area (Å²) in [5.74, 6) is -8.81. The largest absolute Gasteiger partial charge is 0.469 e. The second kappa shape index (κ2) is 24.3. The number of hydrogen-bond acceptors (Lipinski definition) is 18. The first-order valence-electron chi connectivity index (χ1n) is 21.6. The highest BCUT2D eigenvalue weighted by molar-refractivity contribution is 6.03. The van der Waals surface area contributed by atoms with Crippen molar-refractivity contribution in [2.45, 2.75) is 76.1 Å². The van der Waals surface area contributed by atoms with E-state index in [1.165, 1.54) is 24.3 Å². The number of allylic oxidation sites excluding steroid dienone is 2. The predicted octanol–water partition coefficient (Wildman–Crippen LogP) is 4.60. The zero-order chi connectivity index (χ0) is 53.1. The van der Waals surface area contributed by atoms with Crippen LogP contribution in [0.4, 0.5) is 17.6 Å². The van der Waals surface area contributed by atoms with Crippen molar-refractivity contribution in [1.29, 1.82) is 0 Å². The molecule has 72 heavy (non-hydrogen) atoms. The van der Waals surface area contributed by atoms with E-state index in [0.29, 0.717) is 0 Å². The Bertz CT molecular complexity index is 2910. The van der Waals surface area contributed by atoms with Crippen LogP contribution < -0.4 is 0 Å². The number of aromatic amines is 2. The van der Waals surface area contributed by atoms with Crippen molar-refractivity contribution < 1.29 is 93.8 Å². The number of carbonyl (C=O) groups is 8. The third kappa shape index (κ3) is 12.5. The number of rotatable bonds is 20. The molecule has 0 amide bonds. The Labute approximate surface area is 407 Å². The molecule has 0 radical (unpaired) electrons. The van der Waals surface area contributed by atoms with Gasteiger partial charge in [0.2, 0.25) is 24.7 Å². The van der Waals surface area contributed by atoms with Gasteiger partial charge >= 0.3 is 47.8 Å². The van der Waals surface area contributed by atoms with Gasteiger partial charge in [-0.2, -0.15) is 0 Å². The summed E-state index contributed by atoms with van der Waals surface area (Å²) in [5.41, 5.74) is -1.58. The van der Waals surface area contributed by atoms with Crippen molar-refractivity contribution in [3.05, 3.63) is 69.3 Å². The molecule has 5 rings (SSSR count). The number of methoxy groups -OCH3 is 8. The number of nitrogens with zero attached hydrogens (tertiary/aromatic N) is 2. The molecule has 386 valence electrons. The number of alkyl halides is 4. The first-order chi connectivity index (χ1) is 34.2. The fraction of sp³-hybridized carbons (Fsp3) is 0.417. The van der Waals surface area contributed by atoms with Crippen molar-refractivity contribution in [2.75, 3.05) is 56.9 Å². The van der Waals surface area contributed by atoms with Gasteiger partial charge in [0.15, 0.2) is 0 Å². The van der Waals surface area contributed by atoms with Crippen molar-refractivity contribution in [3.63, 3.8) is 0 Å². The van der Waals surface area contributed by atoms with E-state index in [9.17, 15) is 38.4 Å². The Morgan fingerprint density at radius 3 is 1.01 bits per heavy atom. The van der Waals surface area contributed by atoms with Crippen LogP contribution in [0, 0.1) is 0 Å². The van der Waals surface area contributed by atoms with Gasteiger partial charge in [-0.05, 0) is 68.8 Å². The van der Waals surface area contributed by atoms with E-state index < -0.39 is 124 Å². The van der Waals surface area contributed by atoms with Gasteiger partial charge in [0, 0.05) is 47.8 Å². The molecule has 20 nitrogen and oxygen atoms in total. The number of ether oxygens (including phenoxy) is 8. The quantitative estimate of drug-likeness (QED) is 0.0889. The number of H-pyrrole nitrogens is 2. The number of halogens is 4. The lowest BCUT2D eigenvalue weighted by molar-refractivity contribution is -0.147. The van der Waals surface area contributed by atoms with Crippen molar-refractivity contribution in [1.82, 2.24) is 19.9 Å². The Hall–Kier alpha value is -7.92. The fourth-order valence-electron chi connectivity index (χ4n) is 8.06. The molecule has 0 saturated heterocycles. The summed E-state index contributed by atoms with van der Waals surface area (Å²) in [6.07, 6.45) is -15.3. The Kier molecular flexibility index (Phi) is 18.5. The highest BCUT2D eigenvalue weighted by atomic mass is 19.1. The lowest BCUT2D eigenvalue weighted by Crippen LogP contribution is -2.20. The molecular weight excluding hydrogens is 965 g/mol. The molecule has 0 saturated carbocycles. The Morgan fingerprint density at radius 2 is 0.653 bits per heavy atom. The summed E-state index contributed by atoms with van der Waals surface area (Å²) in [5, 5.41) is 0. The molecule has 0 aliphatic carbocycles. The van der Waals surface area contributed by atoms with Crippen molar-refractivity contribution in [3.8, 4) is 0 Å². The molecule has 2 aliphatic heterocycles. The van der Waals surface area contributed by atoms with E-state index in [2.05, 4.69) is 28.9 Å². The van der Waals surface area contributed by atoms with Crippen LogP contribution in [0.15, 0.2) is 24.3 Å². The van der Waals surface area contributed by atoms with E-state index >= 15 is 17.6 Å². The number of hydrogen-bond donors (Lipinski definition) is 2. The van der Waals surface area contributed by atoms with Crippen molar-refractivity contribution >= 4 is 92.1 Å². The lowest BCUT2D eigenvalue weighted by Gasteiger charge is -2.11. The van der Waals surface area contributed by atoms with E-state index in [4.69, 9.17) is 28.9 Å². The number of fused-ring (bicyclic) bond motifs is 8. The van der Waals surface area contributed by atoms with Gasteiger partial charge in [-0.1, -0.05) is 0 Å². The summed E-state index contributed by atoms with van der Waals surface area (Å²) >= 11 is 0. The number of carbonyl (C=O) groups excluding carboxylic acids is 8. The molecule has 2 N–H and O–H groups in total. The van der Waals surface area contributed by atoms with Crippen LogP contribution in [-0.2, 0) is 102 Å². The van der Waals surface area contributed by atoms with Crippen LogP contribution in [-0.4, -0.2) is 149 Å².